The predicted octanol–water partition coefficient (Wildman–Crippen LogP) is 3.56. The van der Waals surface area contributed by atoms with Crippen molar-refractivity contribution >= 4 is 11.8 Å². The number of benzene rings is 1. The predicted molar refractivity (Wildman–Crippen MR) is 126 cm³/mol. The Labute approximate surface area is 191 Å². The second-order valence-corrected chi connectivity index (χ2v) is 8.79. The van der Waals surface area contributed by atoms with E-state index in [1.165, 1.54) is 0 Å². The Balaban J connectivity index is 2.20. The fourth-order valence-electron chi connectivity index (χ4n) is 3.54. The summed E-state index contributed by atoms with van der Waals surface area (Å²) in [4.78, 5) is 29.1. The van der Waals surface area contributed by atoms with Crippen LogP contribution >= 0.6 is 0 Å². The van der Waals surface area contributed by atoms with Crippen molar-refractivity contribution in [2.75, 3.05) is 33.9 Å². The highest BCUT2D eigenvalue weighted by Crippen LogP contribution is 2.20. The highest BCUT2D eigenvalue weighted by atomic mass is 16.5. The first-order valence-electron chi connectivity index (χ1n) is 11.0. The highest BCUT2D eigenvalue weighted by molar-refractivity contribution is 5.85. The van der Waals surface area contributed by atoms with E-state index in [0.717, 1.165) is 17.0 Å². The van der Waals surface area contributed by atoms with Crippen molar-refractivity contribution in [3.63, 3.8) is 0 Å². The minimum atomic E-state index is -0.398. The molecule has 1 heterocycles. The molecule has 2 aromatic rings. The number of rotatable bonds is 11. The Kier molecular flexibility index (Phi) is 9.32. The summed E-state index contributed by atoms with van der Waals surface area (Å²) in [5, 5.41) is 0. The molecule has 0 aliphatic rings. The van der Waals surface area contributed by atoms with Crippen LogP contribution in [0, 0.1) is 0 Å². The standard InChI is InChI=1S/C25H37N3O4/c1-7-23(29)27(14-15-31-5)19-24(30)28(25(2,3)4)18-21-11-9-13-26(21)17-20-10-8-12-22(16-20)32-6/h8-13,16H,7,14-15,17-19H2,1-6H3. The van der Waals surface area contributed by atoms with E-state index in [1.54, 1.807) is 26.0 Å². The van der Waals surface area contributed by atoms with E-state index in [4.69, 9.17) is 9.47 Å². The number of methoxy groups -OCH3 is 2. The number of nitrogens with zero attached hydrogens (tertiary/aromatic N) is 3. The van der Waals surface area contributed by atoms with Crippen LogP contribution in [-0.4, -0.2) is 65.6 Å². The van der Waals surface area contributed by atoms with Crippen LogP contribution in [0.25, 0.3) is 0 Å². The first-order valence-corrected chi connectivity index (χ1v) is 11.0. The normalized spacial score (nSPS) is 11.3. The number of amides is 2. The van der Waals surface area contributed by atoms with Gasteiger partial charge in [0.05, 0.1) is 26.8 Å². The second kappa shape index (κ2) is 11.7. The smallest absolute Gasteiger partial charge is 0.242 e. The molecule has 1 aromatic heterocycles. The summed E-state index contributed by atoms with van der Waals surface area (Å²) in [5.74, 6) is 0.689. The molecule has 32 heavy (non-hydrogen) atoms. The molecular formula is C25H37N3O4. The molecule has 0 bridgehead atoms. The van der Waals surface area contributed by atoms with Gasteiger partial charge in [0.1, 0.15) is 5.75 Å². The number of hydrogen-bond acceptors (Lipinski definition) is 4. The summed E-state index contributed by atoms with van der Waals surface area (Å²) in [6, 6.07) is 12.0. The van der Waals surface area contributed by atoms with Gasteiger partial charge in [-0.15, -0.1) is 0 Å². The Morgan fingerprint density at radius 2 is 1.81 bits per heavy atom. The lowest BCUT2D eigenvalue weighted by atomic mass is 10.1. The summed E-state index contributed by atoms with van der Waals surface area (Å²) in [7, 11) is 3.25. The van der Waals surface area contributed by atoms with E-state index in [0.29, 0.717) is 32.7 Å². The van der Waals surface area contributed by atoms with Crippen molar-refractivity contribution in [3.8, 4) is 5.75 Å². The van der Waals surface area contributed by atoms with E-state index in [-0.39, 0.29) is 18.4 Å². The van der Waals surface area contributed by atoms with E-state index >= 15 is 0 Å². The van der Waals surface area contributed by atoms with Crippen molar-refractivity contribution in [2.24, 2.45) is 0 Å². The lowest BCUT2D eigenvalue weighted by Gasteiger charge is -2.37. The zero-order chi connectivity index (χ0) is 23.7. The van der Waals surface area contributed by atoms with Crippen molar-refractivity contribution in [1.29, 1.82) is 0 Å². The van der Waals surface area contributed by atoms with Gasteiger partial charge in [-0.3, -0.25) is 9.59 Å². The molecule has 7 nitrogen and oxygen atoms in total. The summed E-state index contributed by atoms with van der Waals surface area (Å²) >= 11 is 0. The van der Waals surface area contributed by atoms with Gasteiger partial charge in [-0.05, 0) is 50.6 Å². The number of hydrogen-bond donors (Lipinski definition) is 0. The van der Waals surface area contributed by atoms with Crippen molar-refractivity contribution < 1.29 is 19.1 Å². The van der Waals surface area contributed by atoms with E-state index < -0.39 is 5.54 Å². The molecule has 0 N–H and O–H groups in total. The van der Waals surface area contributed by atoms with E-state index in [9.17, 15) is 9.59 Å². The largest absolute Gasteiger partial charge is 0.497 e. The Morgan fingerprint density at radius 3 is 2.44 bits per heavy atom. The van der Waals surface area contributed by atoms with Gasteiger partial charge in [0.15, 0.2) is 0 Å². The van der Waals surface area contributed by atoms with Gasteiger partial charge >= 0.3 is 0 Å². The fourth-order valence-corrected chi connectivity index (χ4v) is 3.54. The third-order valence-electron chi connectivity index (χ3n) is 5.39. The minimum Gasteiger partial charge on any atom is -0.497 e. The van der Waals surface area contributed by atoms with Gasteiger partial charge in [0.25, 0.3) is 0 Å². The van der Waals surface area contributed by atoms with Gasteiger partial charge in [-0.2, -0.15) is 0 Å². The molecule has 0 radical (unpaired) electrons. The van der Waals surface area contributed by atoms with Gasteiger partial charge in [0.2, 0.25) is 11.8 Å². The van der Waals surface area contributed by atoms with E-state index in [1.807, 2.05) is 62.2 Å². The monoisotopic (exact) mass is 443 g/mol. The average molecular weight is 444 g/mol. The molecule has 0 atom stereocenters. The third-order valence-corrected chi connectivity index (χ3v) is 5.39. The van der Waals surface area contributed by atoms with Crippen LogP contribution in [-0.2, 0) is 27.4 Å². The molecular weight excluding hydrogens is 406 g/mol. The molecule has 176 valence electrons. The zero-order valence-corrected chi connectivity index (χ0v) is 20.3. The number of carbonyl (C=O) groups excluding carboxylic acids is 2. The number of carbonyl (C=O) groups is 2. The van der Waals surface area contributed by atoms with Gasteiger partial charge in [-0.25, -0.2) is 0 Å². The SMILES string of the molecule is CCC(=O)N(CCOC)CC(=O)N(Cc1cccn1Cc1cccc(OC)c1)C(C)(C)C. The molecule has 2 amide bonds. The molecule has 0 fully saturated rings. The lowest BCUT2D eigenvalue weighted by Crippen LogP contribution is -2.50. The maximum atomic E-state index is 13.3. The van der Waals surface area contributed by atoms with Crippen LogP contribution in [0.4, 0.5) is 0 Å². The molecule has 0 aliphatic heterocycles. The second-order valence-electron chi connectivity index (χ2n) is 8.79. The fraction of sp³-hybridized carbons (Fsp3) is 0.520. The maximum Gasteiger partial charge on any atom is 0.242 e. The summed E-state index contributed by atoms with van der Waals surface area (Å²) in [6.45, 7) is 9.84. The van der Waals surface area contributed by atoms with Crippen molar-refractivity contribution in [3.05, 3.63) is 53.9 Å². The maximum absolute atomic E-state index is 13.3. The Hall–Kier alpha value is -2.80. The molecule has 7 heteroatoms. The van der Waals surface area contributed by atoms with Crippen LogP contribution in [0.15, 0.2) is 42.6 Å². The highest BCUT2D eigenvalue weighted by Gasteiger charge is 2.29. The first kappa shape index (κ1) is 25.5. The van der Waals surface area contributed by atoms with E-state index in [2.05, 4.69) is 10.6 Å². The molecule has 2 rings (SSSR count). The van der Waals surface area contributed by atoms with Crippen LogP contribution in [0.3, 0.4) is 0 Å². The molecule has 0 spiro atoms. The van der Waals surface area contributed by atoms with Gasteiger partial charge < -0.3 is 23.8 Å². The summed E-state index contributed by atoms with van der Waals surface area (Å²) < 4.78 is 12.6. The number of ether oxygens (including phenoxy) is 2. The zero-order valence-electron chi connectivity index (χ0n) is 20.3. The Bertz CT molecular complexity index is 885. The minimum absolute atomic E-state index is 0.0455. The first-order chi connectivity index (χ1) is 15.2. The average Bonchev–Trinajstić information content (AvgIpc) is 3.20. The lowest BCUT2D eigenvalue weighted by molar-refractivity contribution is -0.144. The molecule has 0 saturated carbocycles. The van der Waals surface area contributed by atoms with Crippen LogP contribution in [0.2, 0.25) is 0 Å². The topological polar surface area (TPSA) is 64.0 Å². The molecule has 0 saturated heterocycles. The van der Waals surface area contributed by atoms with Gasteiger partial charge in [-0.1, -0.05) is 19.1 Å². The third kappa shape index (κ3) is 7.12. The van der Waals surface area contributed by atoms with Crippen LogP contribution in [0.1, 0.15) is 45.4 Å². The van der Waals surface area contributed by atoms with Crippen molar-refractivity contribution in [1.82, 2.24) is 14.4 Å². The van der Waals surface area contributed by atoms with Gasteiger partial charge in [0, 0.05) is 44.0 Å². The quantitative estimate of drug-likeness (QED) is 0.533. The van der Waals surface area contributed by atoms with Crippen LogP contribution < -0.4 is 4.74 Å². The Morgan fingerprint density at radius 1 is 1.06 bits per heavy atom. The summed E-state index contributed by atoms with van der Waals surface area (Å²) in [5.41, 5.74) is 1.75. The van der Waals surface area contributed by atoms with Crippen LogP contribution in [0.5, 0.6) is 5.75 Å². The number of aromatic nitrogens is 1. The molecule has 0 aliphatic carbocycles. The van der Waals surface area contributed by atoms with Crippen molar-refractivity contribution in [2.45, 2.75) is 52.7 Å². The molecule has 1 aromatic carbocycles. The molecule has 0 unspecified atom stereocenters. The summed E-state index contributed by atoms with van der Waals surface area (Å²) in [6.07, 6.45) is 2.38.